The summed E-state index contributed by atoms with van der Waals surface area (Å²) >= 11 is 3.24. The summed E-state index contributed by atoms with van der Waals surface area (Å²) in [5.41, 5.74) is 0.636. The highest BCUT2D eigenvalue weighted by Gasteiger charge is 2.28. The molecule has 0 unspecified atom stereocenters. The van der Waals surface area contributed by atoms with Gasteiger partial charge in [0.05, 0.1) is 17.0 Å². The highest BCUT2D eigenvalue weighted by molar-refractivity contribution is 14.1. The number of amides is 2. The summed E-state index contributed by atoms with van der Waals surface area (Å²) in [5.74, 6) is -0.187. The van der Waals surface area contributed by atoms with E-state index in [1.165, 1.54) is 11.0 Å². The first-order valence-corrected chi connectivity index (χ1v) is 12.4. The minimum absolute atomic E-state index is 0.0561. The smallest absolute Gasteiger partial charge is 0.341 e. The Hall–Kier alpha value is -2.86. The van der Waals surface area contributed by atoms with Gasteiger partial charge in [-0.2, -0.15) is 0 Å². The van der Waals surface area contributed by atoms with Crippen molar-refractivity contribution in [2.75, 3.05) is 26.0 Å². The van der Waals surface area contributed by atoms with Crippen molar-refractivity contribution in [3.05, 3.63) is 67.5 Å². The van der Waals surface area contributed by atoms with E-state index in [0.717, 1.165) is 14.9 Å². The molecule has 3 aromatic rings. The second-order valence-corrected chi connectivity index (χ2v) is 9.82. The second-order valence-electron chi connectivity index (χ2n) is 7.56. The van der Waals surface area contributed by atoms with Crippen LogP contribution in [0.5, 0.6) is 5.75 Å². The standard InChI is InChI=1S/C24H25IN2O6S/c1-5-12-31-24(30)19-14(2)20(23(29)27(3)4)34-22(19)26-21(28)18-11-10-17(33-18)13-32-16-8-6-15(25)7-9-16/h6-11H,5,12-13H2,1-4H3,(H,26,28). The van der Waals surface area contributed by atoms with E-state index in [0.29, 0.717) is 28.4 Å². The summed E-state index contributed by atoms with van der Waals surface area (Å²) in [4.78, 5) is 39.9. The van der Waals surface area contributed by atoms with Crippen molar-refractivity contribution in [3.63, 3.8) is 0 Å². The molecule has 10 heteroatoms. The number of benzene rings is 1. The maximum Gasteiger partial charge on any atom is 0.341 e. The van der Waals surface area contributed by atoms with Crippen LogP contribution >= 0.6 is 33.9 Å². The van der Waals surface area contributed by atoms with E-state index >= 15 is 0 Å². The quantitative estimate of drug-likeness (QED) is 0.264. The maximum atomic E-state index is 12.9. The first-order valence-electron chi connectivity index (χ1n) is 10.5. The molecule has 0 aliphatic rings. The molecule has 0 atom stereocenters. The number of nitrogens with zero attached hydrogens (tertiary/aromatic N) is 1. The molecule has 3 rings (SSSR count). The molecule has 0 aliphatic heterocycles. The lowest BCUT2D eigenvalue weighted by molar-refractivity contribution is 0.0506. The minimum Gasteiger partial charge on any atom is -0.486 e. The third kappa shape index (κ3) is 6.17. The number of nitrogens with one attached hydrogen (secondary N) is 1. The van der Waals surface area contributed by atoms with Crippen LogP contribution in [0.1, 0.15) is 55.3 Å². The van der Waals surface area contributed by atoms with Crippen molar-refractivity contribution in [2.24, 2.45) is 0 Å². The molecule has 1 aromatic carbocycles. The van der Waals surface area contributed by atoms with E-state index in [-0.39, 0.29) is 35.4 Å². The summed E-state index contributed by atoms with van der Waals surface area (Å²) in [6, 6.07) is 10.7. The molecule has 1 N–H and O–H groups in total. The van der Waals surface area contributed by atoms with E-state index in [2.05, 4.69) is 27.9 Å². The predicted octanol–water partition coefficient (Wildman–Crippen LogP) is 5.35. The fraction of sp³-hybridized carbons (Fsp3) is 0.292. The summed E-state index contributed by atoms with van der Waals surface area (Å²) < 4.78 is 17.7. The number of anilines is 1. The van der Waals surface area contributed by atoms with E-state index in [9.17, 15) is 14.4 Å². The summed E-state index contributed by atoms with van der Waals surface area (Å²) in [7, 11) is 3.25. The van der Waals surface area contributed by atoms with Gasteiger partial charge in [-0.1, -0.05) is 6.92 Å². The zero-order valence-corrected chi connectivity index (χ0v) is 22.2. The number of carbonyl (C=O) groups excluding carboxylic acids is 3. The Morgan fingerprint density at radius 3 is 2.47 bits per heavy atom. The van der Waals surface area contributed by atoms with Crippen LogP contribution in [0.3, 0.4) is 0 Å². The Morgan fingerprint density at radius 2 is 1.82 bits per heavy atom. The van der Waals surface area contributed by atoms with Gasteiger partial charge in [0.2, 0.25) is 0 Å². The van der Waals surface area contributed by atoms with E-state index in [1.54, 1.807) is 27.1 Å². The molecule has 2 amide bonds. The molecule has 0 radical (unpaired) electrons. The lowest BCUT2D eigenvalue weighted by atomic mass is 10.1. The minimum atomic E-state index is -0.588. The highest BCUT2D eigenvalue weighted by Crippen LogP contribution is 2.35. The second kappa shape index (κ2) is 11.5. The van der Waals surface area contributed by atoms with Crippen molar-refractivity contribution in [3.8, 4) is 5.75 Å². The molecule has 0 saturated carbocycles. The van der Waals surface area contributed by atoms with E-state index < -0.39 is 11.9 Å². The Morgan fingerprint density at radius 1 is 1.12 bits per heavy atom. The van der Waals surface area contributed by atoms with Crippen molar-refractivity contribution in [2.45, 2.75) is 26.9 Å². The van der Waals surface area contributed by atoms with E-state index in [1.807, 2.05) is 31.2 Å². The summed E-state index contributed by atoms with van der Waals surface area (Å²) in [6.45, 7) is 3.94. The fourth-order valence-electron chi connectivity index (χ4n) is 2.95. The summed E-state index contributed by atoms with van der Waals surface area (Å²) in [5, 5.41) is 2.94. The average molecular weight is 596 g/mol. The molecule has 8 nitrogen and oxygen atoms in total. The normalized spacial score (nSPS) is 10.6. The van der Waals surface area contributed by atoms with Crippen molar-refractivity contribution in [1.29, 1.82) is 0 Å². The van der Waals surface area contributed by atoms with Crippen LogP contribution in [0.15, 0.2) is 40.8 Å². The van der Waals surface area contributed by atoms with Crippen LogP contribution in [0.2, 0.25) is 0 Å². The number of carbonyl (C=O) groups is 3. The Labute approximate surface area is 215 Å². The molecule has 180 valence electrons. The lowest BCUT2D eigenvalue weighted by Gasteiger charge is -2.09. The van der Waals surface area contributed by atoms with Crippen molar-refractivity contribution < 1.29 is 28.3 Å². The van der Waals surface area contributed by atoms with Gasteiger partial charge >= 0.3 is 5.97 Å². The molecule has 0 saturated heterocycles. The van der Waals surface area contributed by atoms with Gasteiger partial charge in [-0.3, -0.25) is 9.59 Å². The first kappa shape index (κ1) is 25.8. The number of hydrogen-bond donors (Lipinski definition) is 1. The van der Waals surface area contributed by atoms with Crippen LogP contribution in [0.25, 0.3) is 0 Å². The lowest BCUT2D eigenvalue weighted by Crippen LogP contribution is -2.21. The molecule has 0 fully saturated rings. The van der Waals surface area contributed by atoms with Gasteiger partial charge in [0.15, 0.2) is 5.76 Å². The number of ether oxygens (including phenoxy) is 2. The maximum absolute atomic E-state index is 12.9. The van der Waals surface area contributed by atoms with Crippen LogP contribution in [-0.2, 0) is 11.3 Å². The molecule has 0 spiro atoms. The Kier molecular flexibility index (Phi) is 8.72. The number of halogens is 1. The zero-order chi connectivity index (χ0) is 24.8. The van der Waals surface area contributed by atoms with Crippen LogP contribution in [0.4, 0.5) is 5.00 Å². The van der Waals surface area contributed by atoms with Crippen LogP contribution in [-0.4, -0.2) is 43.4 Å². The van der Waals surface area contributed by atoms with Gasteiger partial charge in [0, 0.05) is 17.7 Å². The van der Waals surface area contributed by atoms with Crippen LogP contribution < -0.4 is 10.1 Å². The fourth-order valence-corrected chi connectivity index (χ4v) is 4.52. The largest absolute Gasteiger partial charge is 0.486 e. The molecule has 2 aromatic heterocycles. The third-order valence-electron chi connectivity index (χ3n) is 4.70. The van der Waals surface area contributed by atoms with E-state index in [4.69, 9.17) is 13.9 Å². The Bertz CT molecular complexity index is 1180. The summed E-state index contributed by atoms with van der Waals surface area (Å²) in [6.07, 6.45) is 0.652. The van der Waals surface area contributed by atoms with Crippen molar-refractivity contribution in [1.82, 2.24) is 4.90 Å². The van der Waals surface area contributed by atoms with Crippen LogP contribution in [0, 0.1) is 10.5 Å². The molecular weight excluding hydrogens is 571 g/mol. The highest BCUT2D eigenvalue weighted by atomic mass is 127. The van der Waals surface area contributed by atoms with Crippen molar-refractivity contribution >= 4 is 56.7 Å². The molecule has 34 heavy (non-hydrogen) atoms. The SMILES string of the molecule is CCCOC(=O)c1c(NC(=O)c2ccc(COc3ccc(I)cc3)o2)sc(C(=O)N(C)C)c1C. The molecular formula is C24H25IN2O6S. The zero-order valence-electron chi connectivity index (χ0n) is 19.3. The van der Waals surface area contributed by atoms with Gasteiger partial charge in [0.25, 0.3) is 11.8 Å². The van der Waals surface area contributed by atoms with Gasteiger partial charge < -0.3 is 24.1 Å². The average Bonchev–Trinajstić information content (AvgIpc) is 3.41. The Balaban J connectivity index is 1.78. The predicted molar refractivity (Wildman–Crippen MR) is 138 cm³/mol. The molecule has 2 heterocycles. The molecule has 0 aliphatic carbocycles. The van der Waals surface area contributed by atoms with Gasteiger partial charge in [-0.25, -0.2) is 4.79 Å². The van der Waals surface area contributed by atoms with Gasteiger partial charge in [-0.05, 0) is 77.9 Å². The number of furan rings is 1. The number of esters is 1. The monoisotopic (exact) mass is 596 g/mol. The number of thiophene rings is 1. The topological polar surface area (TPSA) is 98.1 Å². The first-order chi connectivity index (χ1) is 16.2. The number of hydrogen-bond acceptors (Lipinski definition) is 7. The number of rotatable bonds is 9. The third-order valence-corrected chi connectivity index (χ3v) is 6.61. The van der Waals surface area contributed by atoms with Gasteiger partial charge in [-0.15, -0.1) is 11.3 Å². The van der Waals surface area contributed by atoms with Gasteiger partial charge in [0.1, 0.15) is 23.1 Å². The molecule has 0 bridgehead atoms.